The first-order valence-corrected chi connectivity index (χ1v) is 8.49. The molecule has 0 spiro atoms. The van der Waals surface area contributed by atoms with Crippen molar-refractivity contribution in [3.63, 3.8) is 0 Å². The molecule has 1 saturated carbocycles. The van der Waals surface area contributed by atoms with Gasteiger partial charge in [0.05, 0.1) is 0 Å². The molecule has 1 aliphatic carbocycles. The zero-order valence-corrected chi connectivity index (χ0v) is 13.6. The summed E-state index contributed by atoms with van der Waals surface area (Å²) in [7, 11) is 2.23. The number of hydrogen-bond donors (Lipinski definition) is 0. The lowest BCUT2D eigenvalue weighted by Gasteiger charge is -2.34. The molecule has 0 saturated heterocycles. The minimum atomic E-state index is 0.277. The van der Waals surface area contributed by atoms with E-state index in [-0.39, 0.29) is 5.78 Å². The molecule has 0 aromatic heterocycles. The van der Waals surface area contributed by atoms with Crippen molar-refractivity contribution in [3.8, 4) is 0 Å². The summed E-state index contributed by atoms with van der Waals surface area (Å²) in [5, 5.41) is 0. The smallest absolute Gasteiger partial charge is 0.162 e. The monoisotopic (exact) mass is 287 g/mol. The Labute approximate surface area is 129 Å². The van der Waals surface area contributed by atoms with Crippen molar-refractivity contribution in [3.05, 3.63) is 35.9 Å². The average molecular weight is 287 g/mol. The second-order valence-electron chi connectivity index (χ2n) is 6.46. The van der Waals surface area contributed by atoms with Crippen LogP contribution < -0.4 is 0 Å². The molecule has 0 amide bonds. The van der Waals surface area contributed by atoms with Gasteiger partial charge in [-0.2, -0.15) is 0 Å². The minimum absolute atomic E-state index is 0.277. The molecule has 2 rings (SSSR count). The molecule has 0 atom stereocenters. The maximum atomic E-state index is 12.1. The Morgan fingerprint density at radius 3 is 2.43 bits per heavy atom. The van der Waals surface area contributed by atoms with Gasteiger partial charge in [0, 0.05) is 18.0 Å². The van der Waals surface area contributed by atoms with Crippen LogP contribution in [0.15, 0.2) is 30.3 Å². The van der Waals surface area contributed by atoms with E-state index in [0.29, 0.717) is 6.42 Å². The van der Waals surface area contributed by atoms with Gasteiger partial charge in [-0.25, -0.2) is 0 Å². The quantitative estimate of drug-likeness (QED) is 0.686. The Bertz CT molecular complexity index is 420. The summed E-state index contributed by atoms with van der Waals surface area (Å²) < 4.78 is 0. The van der Waals surface area contributed by atoms with Crippen molar-refractivity contribution in [1.29, 1.82) is 0 Å². The zero-order chi connectivity index (χ0) is 15.1. The Morgan fingerprint density at radius 1 is 1.14 bits per heavy atom. The third-order valence-electron chi connectivity index (χ3n) is 5.03. The van der Waals surface area contributed by atoms with Crippen LogP contribution in [0.3, 0.4) is 0 Å². The van der Waals surface area contributed by atoms with Gasteiger partial charge in [-0.05, 0) is 51.6 Å². The van der Waals surface area contributed by atoms with E-state index in [0.717, 1.165) is 30.5 Å². The number of carbonyl (C=O) groups is 1. The first kappa shape index (κ1) is 16.2. The van der Waals surface area contributed by atoms with Crippen LogP contribution >= 0.6 is 0 Å². The normalized spacial score (nSPS) is 22.4. The standard InChI is InChI=1S/C19H29NO/c1-3-16-11-13-18(14-12-16)20(2)15-7-10-19(21)17-8-5-4-6-9-17/h4-6,8-9,16,18H,3,7,10-15H2,1-2H3. The summed E-state index contributed by atoms with van der Waals surface area (Å²) in [5.74, 6) is 1.23. The van der Waals surface area contributed by atoms with Crippen LogP contribution in [-0.2, 0) is 0 Å². The lowest BCUT2D eigenvalue weighted by Crippen LogP contribution is -2.35. The zero-order valence-electron chi connectivity index (χ0n) is 13.6. The molecule has 2 heteroatoms. The third kappa shape index (κ3) is 4.96. The Kier molecular flexibility index (Phi) is 6.44. The highest BCUT2D eigenvalue weighted by Crippen LogP contribution is 2.29. The van der Waals surface area contributed by atoms with Crippen LogP contribution in [0.4, 0.5) is 0 Å². The number of hydrogen-bond acceptors (Lipinski definition) is 2. The second-order valence-corrected chi connectivity index (χ2v) is 6.46. The predicted octanol–water partition coefficient (Wildman–Crippen LogP) is 4.55. The number of rotatable bonds is 7. The van der Waals surface area contributed by atoms with Gasteiger partial charge in [0.1, 0.15) is 0 Å². The van der Waals surface area contributed by atoms with Gasteiger partial charge in [0.25, 0.3) is 0 Å². The first-order chi connectivity index (χ1) is 10.2. The van der Waals surface area contributed by atoms with Gasteiger partial charge in [0.2, 0.25) is 0 Å². The molecule has 0 aliphatic heterocycles. The van der Waals surface area contributed by atoms with Gasteiger partial charge in [-0.3, -0.25) is 4.79 Å². The fourth-order valence-corrected chi connectivity index (χ4v) is 3.43. The number of carbonyl (C=O) groups excluding carboxylic acids is 1. The largest absolute Gasteiger partial charge is 0.303 e. The summed E-state index contributed by atoms with van der Waals surface area (Å²) in [4.78, 5) is 14.5. The van der Waals surface area contributed by atoms with Gasteiger partial charge in [-0.1, -0.05) is 43.7 Å². The van der Waals surface area contributed by atoms with E-state index in [1.165, 1.54) is 32.1 Å². The summed E-state index contributed by atoms with van der Waals surface area (Å²) in [6, 6.07) is 10.4. The molecular weight excluding hydrogens is 258 g/mol. The predicted molar refractivity (Wildman–Crippen MR) is 88.7 cm³/mol. The van der Waals surface area contributed by atoms with E-state index in [9.17, 15) is 4.79 Å². The van der Waals surface area contributed by atoms with Crippen LogP contribution in [-0.4, -0.2) is 30.3 Å². The average Bonchev–Trinajstić information content (AvgIpc) is 2.55. The number of nitrogens with zero attached hydrogens (tertiary/aromatic N) is 1. The highest BCUT2D eigenvalue weighted by atomic mass is 16.1. The third-order valence-corrected chi connectivity index (χ3v) is 5.03. The van der Waals surface area contributed by atoms with E-state index < -0.39 is 0 Å². The maximum Gasteiger partial charge on any atom is 0.162 e. The Morgan fingerprint density at radius 2 is 1.81 bits per heavy atom. The van der Waals surface area contributed by atoms with Gasteiger partial charge < -0.3 is 4.90 Å². The van der Waals surface area contributed by atoms with Crippen molar-refractivity contribution in [1.82, 2.24) is 4.90 Å². The number of benzene rings is 1. The molecule has 1 fully saturated rings. The van der Waals surface area contributed by atoms with E-state index >= 15 is 0 Å². The summed E-state index contributed by atoms with van der Waals surface area (Å²) in [5.41, 5.74) is 0.851. The molecule has 1 aromatic carbocycles. The van der Waals surface area contributed by atoms with E-state index in [1.807, 2.05) is 30.3 Å². The lowest BCUT2D eigenvalue weighted by molar-refractivity contribution is 0.0968. The Balaban J connectivity index is 1.68. The van der Waals surface area contributed by atoms with Crippen LogP contribution in [0.1, 0.15) is 62.2 Å². The molecule has 21 heavy (non-hydrogen) atoms. The number of Topliss-reactive ketones (excluding diaryl/α,β-unsaturated/α-hetero) is 1. The van der Waals surface area contributed by atoms with E-state index in [2.05, 4.69) is 18.9 Å². The SMILES string of the molecule is CCC1CCC(N(C)CCCC(=O)c2ccccc2)CC1. The molecule has 1 aliphatic rings. The molecule has 0 unspecified atom stereocenters. The van der Waals surface area contributed by atoms with Crippen LogP contribution in [0.2, 0.25) is 0 Å². The summed E-state index contributed by atoms with van der Waals surface area (Å²) >= 11 is 0. The molecule has 116 valence electrons. The second kappa shape index (κ2) is 8.33. The van der Waals surface area contributed by atoms with E-state index in [4.69, 9.17) is 0 Å². The van der Waals surface area contributed by atoms with Crippen molar-refractivity contribution >= 4 is 5.78 Å². The minimum Gasteiger partial charge on any atom is -0.303 e. The van der Waals surface area contributed by atoms with Crippen molar-refractivity contribution in [2.75, 3.05) is 13.6 Å². The molecule has 2 nitrogen and oxygen atoms in total. The first-order valence-electron chi connectivity index (χ1n) is 8.49. The fourth-order valence-electron chi connectivity index (χ4n) is 3.43. The van der Waals surface area contributed by atoms with Gasteiger partial charge in [0.15, 0.2) is 5.78 Å². The molecule has 0 N–H and O–H groups in total. The topological polar surface area (TPSA) is 20.3 Å². The van der Waals surface area contributed by atoms with Crippen LogP contribution in [0.25, 0.3) is 0 Å². The molecule has 1 aromatic rings. The highest BCUT2D eigenvalue weighted by Gasteiger charge is 2.22. The van der Waals surface area contributed by atoms with Crippen LogP contribution in [0.5, 0.6) is 0 Å². The van der Waals surface area contributed by atoms with E-state index in [1.54, 1.807) is 0 Å². The summed E-state index contributed by atoms with van der Waals surface area (Å²) in [6.45, 7) is 3.35. The lowest BCUT2D eigenvalue weighted by atomic mass is 9.84. The van der Waals surface area contributed by atoms with Crippen molar-refractivity contribution < 1.29 is 4.79 Å². The molecular formula is C19H29NO. The molecule has 0 bridgehead atoms. The van der Waals surface area contributed by atoms with Gasteiger partial charge >= 0.3 is 0 Å². The maximum absolute atomic E-state index is 12.1. The van der Waals surface area contributed by atoms with Crippen LogP contribution in [0, 0.1) is 5.92 Å². The number of ketones is 1. The fraction of sp³-hybridized carbons (Fsp3) is 0.632. The molecule has 0 radical (unpaired) electrons. The highest BCUT2D eigenvalue weighted by molar-refractivity contribution is 5.95. The van der Waals surface area contributed by atoms with Crippen molar-refractivity contribution in [2.45, 2.75) is 57.9 Å². The summed E-state index contributed by atoms with van der Waals surface area (Å²) in [6.07, 6.45) is 8.41. The molecule has 0 heterocycles. The Hall–Kier alpha value is -1.15. The van der Waals surface area contributed by atoms with Crippen molar-refractivity contribution in [2.24, 2.45) is 5.92 Å². The van der Waals surface area contributed by atoms with Gasteiger partial charge in [-0.15, -0.1) is 0 Å².